The zero-order chi connectivity index (χ0) is 48.6. The Labute approximate surface area is 418 Å². The lowest BCUT2D eigenvalue weighted by atomic mass is 10.0. The van der Waals surface area contributed by atoms with Crippen LogP contribution in [-0.4, -0.2) is 37.2 Å². The number of carbonyl (C=O) groups is 3. The fraction of sp³-hybridized carbons (Fsp3) is 0.951. The molecule has 0 bridgehead atoms. The van der Waals surface area contributed by atoms with E-state index in [1.807, 2.05) is 0 Å². The highest BCUT2D eigenvalue weighted by Crippen LogP contribution is 2.18. The molecule has 0 aromatic rings. The summed E-state index contributed by atoms with van der Waals surface area (Å²) >= 11 is 0. The highest BCUT2D eigenvalue weighted by Gasteiger charge is 2.19. The molecule has 0 aliphatic carbocycles. The molecular formula is C61H118O6. The van der Waals surface area contributed by atoms with E-state index in [0.29, 0.717) is 19.3 Å². The van der Waals surface area contributed by atoms with E-state index in [1.54, 1.807) is 0 Å². The lowest BCUT2D eigenvalue weighted by Gasteiger charge is -2.18. The van der Waals surface area contributed by atoms with Gasteiger partial charge in [-0.1, -0.05) is 316 Å². The molecule has 0 amide bonds. The Morgan fingerprint density at radius 2 is 0.403 bits per heavy atom. The minimum absolute atomic E-state index is 0.0607. The summed E-state index contributed by atoms with van der Waals surface area (Å²) in [7, 11) is 0. The van der Waals surface area contributed by atoms with Gasteiger partial charge in [0.1, 0.15) is 13.2 Å². The summed E-state index contributed by atoms with van der Waals surface area (Å²) in [6.07, 6.45) is 63.8. The standard InChI is InChI=1S/C61H118O6/c1-4-7-10-13-16-19-22-25-28-30-31-32-34-36-39-42-45-48-51-54-60(63)66-57-58(56-65-59(62)53-50-47-44-41-38-35-27-24-21-18-15-12-9-6-3)67-61(64)55-52-49-46-43-40-37-33-29-26-23-20-17-14-11-8-5-2/h58H,4-57H2,1-3H3/t58-/m1/s1. The van der Waals surface area contributed by atoms with Crippen LogP contribution in [0.5, 0.6) is 0 Å². The summed E-state index contributed by atoms with van der Waals surface area (Å²) in [5, 5.41) is 0. The molecule has 0 fully saturated rings. The molecular weight excluding hydrogens is 829 g/mol. The molecule has 0 aliphatic heterocycles. The van der Waals surface area contributed by atoms with Gasteiger partial charge < -0.3 is 14.2 Å². The Bertz CT molecular complexity index is 998. The van der Waals surface area contributed by atoms with Crippen molar-refractivity contribution in [3.05, 3.63) is 0 Å². The van der Waals surface area contributed by atoms with E-state index in [0.717, 1.165) is 57.8 Å². The molecule has 0 rings (SSSR count). The number of ether oxygens (including phenoxy) is 3. The lowest BCUT2D eigenvalue weighted by Crippen LogP contribution is -2.30. The van der Waals surface area contributed by atoms with Crippen molar-refractivity contribution in [1.29, 1.82) is 0 Å². The average Bonchev–Trinajstić information content (AvgIpc) is 3.33. The largest absolute Gasteiger partial charge is 0.462 e. The molecule has 0 N–H and O–H groups in total. The van der Waals surface area contributed by atoms with Crippen molar-refractivity contribution in [1.82, 2.24) is 0 Å². The van der Waals surface area contributed by atoms with Crippen LogP contribution in [0.25, 0.3) is 0 Å². The first-order valence-corrected chi connectivity index (χ1v) is 30.5. The second-order valence-electron chi connectivity index (χ2n) is 21.0. The van der Waals surface area contributed by atoms with Crippen molar-refractivity contribution in [2.75, 3.05) is 13.2 Å². The Balaban J connectivity index is 4.27. The van der Waals surface area contributed by atoms with Crippen molar-refractivity contribution in [3.8, 4) is 0 Å². The van der Waals surface area contributed by atoms with Crippen LogP contribution in [-0.2, 0) is 28.6 Å². The third kappa shape index (κ3) is 55.2. The Kier molecular flexibility index (Phi) is 55.6. The van der Waals surface area contributed by atoms with Gasteiger partial charge in [0.15, 0.2) is 6.10 Å². The maximum Gasteiger partial charge on any atom is 0.306 e. The molecule has 0 aromatic carbocycles. The van der Waals surface area contributed by atoms with Crippen LogP contribution in [0.4, 0.5) is 0 Å². The summed E-state index contributed by atoms with van der Waals surface area (Å²) in [4.78, 5) is 38.2. The predicted octanol–water partition coefficient (Wildman–Crippen LogP) is 20.3. The molecule has 0 saturated carbocycles. The van der Waals surface area contributed by atoms with Crippen LogP contribution in [0.2, 0.25) is 0 Å². The normalized spacial score (nSPS) is 11.9. The third-order valence-corrected chi connectivity index (χ3v) is 14.1. The maximum atomic E-state index is 12.9. The second-order valence-corrected chi connectivity index (χ2v) is 21.0. The van der Waals surface area contributed by atoms with E-state index in [1.165, 1.54) is 257 Å². The van der Waals surface area contributed by atoms with Crippen molar-refractivity contribution >= 4 is 17.9 Å². The van der Waals surface area contributed by atoms with Gasteiger partial charge in [0, 0.05) is 19.3 Å². The number of rotatable bonds is 57. The van der Waals surface area contributed by atoms with Gasteiger partial charge in [-0.3, -0.25) is 14.4 Å². The van der Waals surface area contributed by atoms with E-state index >= 15 is 0 Å². The quantitative estimate of drug-likeness (QED) is 0.0343. The zero-order valence-corrected chi connectivity index (χ0v) is 45.7. The Hall–Kier alpha value is -1.59. The van der Waals surface area contributed by atoms with Gasteiger partial charge in [-0.2, -0.15) is 0 Å². The zero-order valence-electron chi connectivity index (χ0n) is 45.7. The van der Waals surface area contributed by atoms with Gasteiger partial charge in [0.2, 0.25) is 0 Å². The molecule has 67 heavy (non-hydrogen) atoms. The minimum atomic E-state index is -0.761. The SMILES string of the molecule is CCCCCCCCCCCCCCCCCCCCCC(=O)OC[C@@H](COC(=O)CCCCCCCCCCCCCCCC)OC(=O)CCCCCCCCCCCCCCCCCC. The summed E-state index contributed by atoms with van der Waals surface area (Å²) in [5.41, 5.74) is 0. The monoisotopic (exact) mass is 947 g/mol. The number of carbonyl (C=O) groups excluding carboxylic acids is 3. The first-order valence-electron chi connectivity index (χ1n) is 30.5. The van der Waals surface area contributed by atoms with Crippen molar-refractivity contribution in [3.63, 3.8) is 0 Å². The number of unbranched alkanes of at least 4 members (excludes halogenated alkanes) is 46. The molecule has 6 heteroatoms. The van der Waals surface area contributed by atoms with E-state index in [4.69, 9.17) is 14.2 Å². The smallest absolute Gasteiger partial charge is 0.306 e. The third-order valence-electron chi connectivity index (χ3n) is 14.1. The fourth-order valence-corrected chi connectivity index (χ4v) is 9.51. The molecule has 0 radical (unpaired) electrons. The summed E-state index contributed by atoms with van der Waals surface area (Å²) in [6.45, 7) is 6.72. The summed E-state index contributed by atoms with van der Waals surface area (Å²) in [6, 6.07) is 0. The molecule has 6 nitrogen and oxygen atoms in total. The Morgan fingerprint density at radius 1 is 0.239 bits per heavy atom. The molecule has 0 aromatic heterocycles. The molecule has 1 atom stereocenters. The van der Waals surface area contributed by atoms with Gasteiger partial charge in [-0.15, -0.1) is 0 Å². The van der Waals surface area contributed by atoms with Gasteiger partial charge in [0.25, 0.3) is 0 Å². The molecule has 0 saturated heterocycles. The fourth-order valence-electron chi connectivity index (χ4n) is 9.51. The topological polar surface area (TPSA) is 78.9 Å². The van der Waals surface area contributed by atoms with Crippen LogP contribution in [0.15, 0.2) is 0 Å². The first kappa shape index (κ1) is 65.4. The van der Waals surface area contributed by atoms with Crippen LogP contribution in [0.3, 0.4) is 0 Å². The van der Waals surface area contributed by atoms with Gasteiger partial charge in [-0.05, 0) is 19.3 Å². The molecule has 0 heterocycles. The van der Waals surface area contributed by atoms with Gasteiger partial charge >= 0.3 is 17.9 Å². The number of hydrogen-bond acceptors (Lipinski definition) is 6. The van der Waals surface area contributed by atoms with Crippen molar-refractivity contribution < 1.29 is 28.6 Å². The van der Waals surface area contributed by atoms with E-state index < -0.39 is 6.10 Å². The van der Waals surface area contributed by atoms with Crippen LogP contribution >= 0.6 is 0 Å². The van der Waals surface area contributed by atoms with Gasteiger partial charge in [0.05, 0.1) is 0 Å². The predicted molar refractivity (Wildman–Crippen MR) is 289 cm³/mol. The van der Waals surface area contributed by atoms with E-state index in [2.05, 4.69) is 20.8 Å². The molecule has 0 aliphatic rings. The maximum absolute atomic E-state index is 12.9. The summed E-state index contributed by atoms with van der Waals surface area (Å²) in [5.74, 6) is -0.828. The molecule has 0 spiro atoms. The van der Waals surface area contributed by atoms with Crippen molar-refractivity contribution in [2.45, 2.75) is 361 Å². The lowest BCUT2D eigenvalue weighted by molar-refractivity contribution is -0.167. The highest BCUT2D eigenvalue weighted by atomic mass is 16.6. The molecule has 0 unspecified atom stereocenters. The van der Waals surface area contributed by atoms with E-state index in [9.17, 15) is 14.4 Å². The van der Waals surface area contributed by atoms with E-state index in [-0.39, 0.29) is 31.1 Å². The Morgan fingerprint density at radius 3 is 0.597 bits per heavy atom. The number of hydrogen-bond donors (Lipinski definition) is 0. The average molecular weight is 948 g/mol. The first-order chi connectivity index (χ1) is 33.0. The summed E-state index contributed by atoms with van der Waals surface area (Å²) < 4.78 is 16.9. The van der Waals surface area contributed by atoms with Gasteiger partial charge in [-0.25, -0.2) is 0 Å². The second kappa shape index (κ2) is 57.0. The number of esters is 3. The van der Waals surface area contributed by atoms with Crippen molar-refractivity contribution in [2.24, 2.45) is 0 Å². The van der Waals surface area contributed by atoms with Crippen LogP contribution in [0, 0.1) is 0 Å². The van der Waals surface area contributed by atoms with Crippen LogP contribution < -0.4 is 0 Å². The van der Waals surface area contributed by atoms with Crippen LogP contribution in [0.1, 0.15) is 355 Å². The molecule has 398 valence electrons. The highest BCUT2D eigenvalue weighted by molar-refractivity contribution is 5.71. The minimum Gasteiger partial charge on any atom is -0.462 e.